The predicted molar refractivity (Wildman–Crippen MR) is 256 cm³/mol. The Morgan fingerprint density at radius 2 is 1.15 bits per heavy atom. The fourth-order valence-corrected chi connectivity index (χ4v) is 9.75. The first-order chi connectivity index (χ1) is 29.0. The second-order valence-corrected chi connectivity index (χ2v) is 18.1. The molecule has 1 aromatic heterocycles. The number of para-hydroxylation sites is 2. The second-order valence-electron chi connectivity index (χ2n) is 18.1. The van der Waals surface area contributed by atoms with Gasteiger partial charge in [0.05, 0.1) is 11.0 Å². The molecule has 3 nitrogen and oxygen atoms in total. The lowest BCUT2D eigenvalue weighted by atomic mass is 9.81. The Labute approximate surface area is 354 Å². The van der Waals surface area contributed by atoms with Crippen molar-refractivity contribution >= 4 is 50.2 Å². The van der Waals surface area contributed by atoms with Gasteiger partial charge in [-0.2, -0.15) is 0 Å². The molecule has 0 atom stereocenters. The standard InChI is InChI=1S/C57H51N3/c1-37-32-42(33-38(2)55(37)39-24-30-48-47-20-11-13-22-51(47)57(6,7)52(48)34-39)58-41-16-15-19-45(35-41)59(44-27-25-40(26-28-44)56(3,4)5)46-29-31-50-49-21-12-14-23-53(49)60(54(50)36-46)43-17-9-8-10-18-43/h8-36,58H,1-7H3. The molecule has 0 aliphatic heterocycles. The smallest absolute Gasteiger partial charge is 0.0561 e. The maximum absolute atomic E-state index is 3.81. The monoisotopic (exact) mass is 777 g/mol. The fraction of sp³-hybridized carbons (Fsp3) is 0.158. The summed E-state index contributed by atoms with van der Waals surface area (Å²) in [6.45, 7) is 16.0. The van der Waals surface area contributed by atoms with Crippen molar-refractivity contribution < 1.29 is 0 Å². The summed E-state index contributed by atoms with van der Waals surface area (Å²) >= 11 is 0. The SMILES string of the molecule is Cc1cc(Nc2cccc(N(c3ccc(C(C)(C)C)cc3)c3ccc4c5ccccc5n(-c5ccccc5)c4c3)c2)cc(C)c1-c1ccc2c(c1)C(C)(C)c1ccccc1-2. The van der Waals surface area contributed by atoms with Crippen LogP contribution in [-0.2, 0) is 10.8 Å². The van der Waals surface area contributed by atoms with E-state index < -0.39 is 0 Å². The van der Waals surface area contributed by atoms with Crippen LogP contribution in [0.1, 0.15) is 62.4 Å². The third kappa shape index (κ3) is 6.28. The van der Waals surface area contributed by atoms with E-state index in [-0.39, 0.29) is 10.8 Å². The Kier molecular flexibility index (Phi) is 8.84. The summed E-state index contributed by atoms with van der Waals surface area (Å²) in [7, 11) is 0. The third-order valence-electron chi connectivity index (χ3n) is 12.7. The number of nitrogens with zero attached hydrogens (tertiary/aromatic N) is 2. The summed E-state index contributed by atoms with van der Waals surface area (Å²) in [5, 5.41) is 6.29. The number of aromatic nitrogens is 1. The van der Waals surface area contributed by atoms with Crippen LogP contribution >= 0.6 is 0 Å². The van der Waals surface area contributed by atoms with Crippen molar-refractivity contribution in [2.75, 3.05) is 10.2 Å². The number of hydrogen-bond donors (Lipinski definition) is 1. The van der Waals surface area contributed by atoms with Crippen molar-refractivity contribution in [1.29, 1.82) is 0 Å². The van der Waals surface area contributed by atoms with Gasteiger partial charge >= 0.3 is 0 Å². The Morgan fingerprint density at radius 3 is 1.92 bits per heavy atom. The molecule has 294 valence electrons. The van der Waals surface area contributed by atoms with Crippen LogP contribution < -0.4 is 10.2 Å². The zero-order chi connectivity index (χ0) is 41.3. The molecular weight excluding hydrogens is 727 g/mol. The molecule has 0 unspecified atom stereocenters. The van der Waals surface area contributed by atoms with E-state index in [2.05, 4.69) is 239 Å². The summed E-state index contributed by atoms with van der Waals surface area (Å²) in [5.41, 5.74) is 20.8. The van der Waals surface area contributed by atoms with Crippen LogP contribution in [0.2, 0.25) is 0 Å². The second kappa shape index (κ2) is 14.2. The summed E-state index contributed by atoms with van der Waals surface area (Å²) in [5.74, 6) is 0. The van der Waals surface area contributed by atoms with Crippen LogP contribution in [-0.4, -0.2) is 4.57 Å². The van der Waals surface area contributed by atoms with Crippen molar-refractivity contribution in [3.63, 3.8) is 0 Å². The molecule has 1 aliphatic carbocycles. The Morgan fingerprint density at radius 1 is 0.500 bits per heavy atom. The van der Waals surface area contributed by atoms with E-state index in [0.29, 0.717) is 0 Å². The van der Waals surface area contributed by atoms with Crippen LogP contribution in [0, 0.1) is 13.8 Å². The molecule has 0 spiro atoms. The molecule has 3 heteroatoms. The Balaban J connectivity index is 1.03. The van der Waals surface area contributed by atoms with Gasteiger partial charge in [-0.25, -0.2) is 0 Å². The van der Waals surface area contributed by atoms with Crippen molar-refractivity contribution in [3.8, 4) is 27.9 Å². The molecular formula is C57H51N3. The molecule has 0 bridgehead atoms. The molecule has 8 aromatic carbocycles. The molecule has 0 saturated carbocycles. The van der Waals surface area contributed by atoms with E-state index in [0.717, 1.165) is 34.1 Å². The quantitative estimate of drug-likeness (QED) is 0.174. The van der Waals surface area contributed by atoms with Crippen molar-refractivity contribution in [1.82, 2.24) is 4.57 Å². The number of benzene rings is 8. The lowest BCUT2D eigenvalue weighted by molar-refractivity contribution is 0.590. The average Bonchev–Trinajstić information content (AvgIpc) is 3.69. The van der Waals surface area contributed by atoms with Gasteiger partial charge in [-0.15, -0.1) is 0 Å². The molecule has 0 amide bonds. The van der Waals surface area contributed by atoms with Gasteiger partial charge in [0, 0.05) is 50.3 Å². The van der Waals surface area contributed by atoms with Gasteiger partial charge < -0.3 is 14.8 Å². The summed E-state index contributed by atoms with van der Waals surface area (Å²) < 4.78 is 2.39. The van der Waals surface area contributed by atoms with Gasteiger partial charge in [0.25, 0.3) is 0 Å². The highest BCUT2D eigenvalue weighted by atomic mass is 15.1. The molecule has 1 heterocycles. The highest BCUT2D eigenvalue weighted by Crippen LogP contribution is 2.50. The van der Waals surface area contributed by atoms with Gasteiger partial charge in [0.2, 0.25) is 0 Å². The minimum atomic E-state index is -0.0369. The number of aryl methyl sites for hydroxylation is 2. The normalized spacial score (nSPS) is 13.1. The van der Waals surface area contributed by atoms with E-state index in [1.54, 1.807) is 0 Å². The van der Waals surface area contributed by atoms with E-state index in [9.17, 15) is 0 Å². The van der Waals surface area contributed by atoms with Crippen molar-refractivity contribution in [2.24, 2.45) is 0 Å². The maximum atomic E-state index is 3.81. The van der Waals surface area contributed by atoms with Gasteiger partial charge in [-0.1, -0.05) is 132 Å². The Bertz CT molecular complexity index is 3060. The van der Waals surface area contributed by atoms with Crippen LogP contribution in [0.5, 0.6) is 0 Å². The van der Waals surface area contributed by atoms with Crippen LogP contribution in [0.4, 0.5) is 28.4 Å². The van der Waals surface area contributed by atoms with E-state index >= 15 is 0 Å². The Hall–Kier alpha value is -6.84. The lowest BCUT2D eigenvalue weighted by Gasteiger charge is -2.27. The lowest BCUT2D eigenvalue weighted by Crippen LogP contribution is -2.15. The fourth-order valence-electron chi connectivity index (χ4n) is 9.75. The molecule has 0 radical (unpaired) electrons. The molecule has 1 N–H and O–H groups in total. The highest BCUT2D eigenvalue weighted by molar-refractivity contribution is 6.10. The molecule has 10 rings (SSSR count). The first-order valence-electron chi connectivity index (χ1n) is 21.2. The average molecular weight is 778 g/mol. The minimum Gasteiger partial charge on any atom is -0.355 e. The van der Waals surface area contributed by atoms with Gasteiger partial charge in [0.15, 0.2) is 0 Å². The van der Waals surface area contributed by atoms with E-state index in [4.69, 9.17) is 0 Å². The van der Waals surface area contributed by atoms with Crippen LogP contribution in [0.25, 0.3) is 49.7 Å². The zero-order valence-corrected chi connectivity index (χ0v) is 35.6. The van der Waals surface area contributed by atoms with Crippen molar-refractivity contribution in [3.05, 3.63) is 204 Å². The molecule has 9 aromatic rings. The predicted octanol–water partition coefficient (Wildman–Crippen LogP) is 15.9. The third-order valence-corrected chi connectivity index (χ3v) is 12.7. The summed E-state index contributed by atoms with van der Waals surface area (Å²) in [4.78, 5) is 2.39. The number of anilines is 5. The molecule has 60 heavy (non-hydrogen) atoms. The van der Waals surface area contributed by atoms with Gasteiger partial charge in [-0.05, 0) is 148 Å². The van der Waals surface area contributed by atoms with Crippen LogP contribution in [0.15, 0.2) is 176 Å². The van der Waals surface area contributed by atoms with E-state index in [1.807, 2.05) is 0 Å². The number of nitrogens with one attached hydrogen (secondary N) is 1. The first-order valence-corrected chi connectivity index (χ1v) is 21.2. The number of hydrogen-bond acceptors (Lipinski definition) is 2. The van der Waals surface area contributed by atoms with Crippen molar-refractivity contribution in [2.45, 2.75) is 59.3 Å². The highest BCUT2D eigenvalue weighted by Gasteiger charge is 2.35. The van der Waals surface area contributed by atoms with Crippen LogP contribution in [0.3, 0.4) is 0 Å². The summed E-state index contributed by atoms with van der Waals surface area (Å²) in [6, 6.07) is 64.7. The first kappa shape index (κ1) is 37.4. The maximum Gasteiger partial charge on any atom is 0.0561 e. The van der Waals surface area contributed by atoms with Gasteiger partial charge in [-0.3, -0.25) is 0 Å². The molecule has 0 saturated heterocycles. The molecule has 0 fully saturated rings. The minimum absolute atomic E-state index is 0.0369. The molecule has 1 aliphatic rings. The summed E-state index contributed by atoms with van der Waals surface area (Å²) in [6.07, 6.45) is 0. The number of rotatable bonds is 7. The zero-order valence-electron chi connectivity index (χ0n) is 35.6. The van der Waals surface area contributed by atoms with Gasteiger partial charge in [0.1, 0.15) is 0 Å². The number of fused-ring (bicyclic) bond motifs is 6. The van der Waals surface area contributed by atoms with E-state index in [1.165, 1.54) is 71.9 Å². The topological polar surface area (TPSA) is 20.2 Å². The largest absolute Gasteiger partial charge is 0.355 e.